The zero-order chi connectivity index (χ0) is 20.5. The van der Waals surface area contributed by atoms with Crippen molar-refractivity contribution in [3.8, 4) is 5.69 Å². The molecular formula is C21H20F3N3O. The third kappa shape index (κ3) is 3.78. The average molecular weight is 387 g/mol. The van der Waals surface area contributed by atoms with Gasteiger partial charge in [0.1, 0.15) is 0 Å². The Bertz CT molecular complexity index is 1020. The minimum atomic E-state index is -4.45. The fourth-order valence-electron chi connectivity index (χ4n) is 3.09. The average Bonchev–Trinajstić information content (AvgIpc) is 3.04. The lowest BCUT2D eigenvalue weighted by molar-refractivity contribution is -0.137. The molecule has 0 saturated carbocycles. The summed E-state index contributed by atoms with van der Waals surface area (Å²) >= 11 is 0. The first-order chi connectivity index (χ1) is 13.2. The van der Waals surface area contributed by atoms with E-state index in [-0.39, 0.29) is 11.6 Å². The van der Waals surface area contributed by atoms with Crippen LogP contribution in [0.5, 0.6) is 0 Å². The maximum atomic E-state index is 13.0. The number of nitrogens with zero attached hydrogens (tertiary/aromatic N) is 2. The van der Waals surface area contributed by atoms with Gasteiger partial charge in [-0.2, -0.15) is 18.3 Å². The van der Waals surface area contributed by atoms with Crippen molar-refractivity contribution in [2.75, 3.05) is 5.32 Å². The summed E-state index contributed by atoms with van der Waals surface area (Å²) in [7, 11) is 0. The van der Waals surface area contributed by atoms with Gasteiger partial charge in [-0.3, -0.25) is 4.79 Å². The van der Waals surface area contributed by atoms with Crippen LogP contribution in [0.3, 0.4) is 0 Å². The van der Waals surface area contributed by atoms with Crippen LogP contribution in [0.2, 0.25) is 0 Å². The number of hydrogen-bond donors (Lipinski definition) is 1. The van der Waals surface area contributed by atoms with Gasteiger partial charge in [0.15, 0.2) is 0 Å². The highest BCUT2D eigenvalue weighted by molar-refractivity contribution is 6.05. The summed E-state index contributed by atoms with van der Waals surface area (Å²) in [4.78, 5) is 12.8. The second-order valence-corrected chi connectivity index (χ2v) is 6.52. The molecule has 1 amide bonds. The zero-order valence-corrected chi connectivity index (χ0v) is 15.8. The molecule has 0 aliphatic carbocycles. The molecule has 0 radical (unpaired) electrons. The van der Waals surface area contributed by atoms with Crippen molar-refractivity contribution in [1.82, 2.24) is 9.78 Å². The summed E-state index contributed by atoms with van der Waals surface area (Å²) in [6, 6.07) is 10.6. The molecule has 0 spiro atoms. The van der Waals surface area contributed by atoms with Gasteiger partial charge in [0.05, 0.1) is 28.7 Å². The van der Waals surface area contributed by atoms with Crippen LogP contribution >= 0.6 is 0 Å². The van der Waals surface area contributed by atoms with Gasteiger partial charge in [-0.15, -0.1) is 0 Å². The van der Waals surface area contributed by atoms with Gasteiger partial charge in [0, 0.05) is 5.69 Å². The number of para-hydroxylation sites is 1. The van der Waals surface area contributed by atoms with Crippen molar-refractivity contribution in [1.29, 1.82) is 0 Å². The second-order valence-electron chi connectivity index (χ2n) is 6.52. The molecule has 0 aliphatic heterocycles. The number of nitrogens with one attached hydrogen (secondary N) is 1. The van der Waals surface area contributed by atoms with Gasteiger partial charge in [0.2, 0.25) is 0 Å². The summed E-state index contributed by atoms with van der Waals surface area (Å²) in [6.45, 7) is 5.57. The molecule has 4 nitrogen and oxygen atoms in total. The summed E-state index contributed by atoms with van der Waals surface area (Å²) in [5.74, 6) is -0.347. The predicted molar refractivity (Wildman–Crippen MR) is 102 cm³/mol. The molecule has 0 atom stereocenters. The summed E-state index contributed by atoms with van der Waals surface area (Å²) in [6.07, 6.45) is -2.31. The fraction of sp³-hybridized carbons (Fsp3) is 0.238. The summed E-state index contributed by atoms with van der Waals surface area (Å²) in [5, 5.41) is 7.04. The van der Waals surface area contributed by atoms with E-state index in [1.165, 1.54) is 23.0 Å². The monoisotopic (exact) mass is 387 g/mol. The topological polar surface area (TPSA) is 46.9 Å². The summed E-state index contributed by atoms with van der Waals surface area (Å²) in [5.41, 5.74) is 2.95. The van der Waals surface area contributed by atoms with Crippen LogP contribution in [0.1, 0.15) is 39.7 Å². The van der Waals surface area contributed by atoms with Crippen LogP contribution in [-0.2, 0) is 12.6 Å². The second kappa shape index (κ2) is 7.50. The molecular weight excluding hydrogens is 367 g/mol. The molecule has 146 valence electrons. The molecule has 0 bridgehead atoms. The van der Waals surface area contributed by atoms with E-state index in [9.17, 15) is 18.0 Å². The fourth-order valence-corrected chi connectivity index (χ4v) is 3.09. The van der Waals surface area contributed by atoms with Crippen LogP contribution in [0.4, 0.5) is 18.9 Å². The molecule has 3 aromatic rings. The van der Waals surface area contributed by atoms with E-state index in [0.717, 1.165) is 35.4 Å². The normalized spacial score (nSPS) is 11.5. The number of carbonyl (C=O) groups is 1. The van der Waals surface area contributed by atoms with Crippen molar-refractivity contribution < 1.29 is 18.0 Å². The molecule has 7 heteroatoms. The molecule has 0 fully saturated rings. The van der Waals surface area contributed by atoms with Crippen LogP contribution in [-0.4, -0.2) is 15.7 Å². The maximum Gasteiger partial charge on any atom is 0.416 e. The number of anilines is 1. The van der Waals surface area contributed by atoms with Gasteiger partial charge >= 0.3 is 6.18 Å². The Hall–Kier alpha value is -3.09. The van der Waals surface area contributed by atoms with Gasteiger partial charge < -0.3 is 5.32 Å². The quantitative estimate of drug-likeness (QED) is 0.658. The van der Waals surface area contributed by atoms with Crippen LogP contribution < -0.4 is 5.32 Å². The molecule has 1 aromatic heterocycles. The number of aromatic nitrogens is 2. The number of amides is 1. The molecule has 1 heterocycles. The molecule has 28 heavy (non-hydrogen) atoms. The van der Waals surface area contributed by atoms with Crippen LogP contribution in [0.15, 0.2) is 48.7 Å². The van der Waals surface area contributed by atoms with E-state index in [0.29, 0.717) is 11.3 Å². The predicted octanol–water partition coefficient (Wildman–Crippen LogP) is 5.32. The highest BCUT2D eigenvalue weighted by Crippen LogP contribution is 2.30. The molecule has 2 aromatic carbocycles. The minimum absolute atomic E-state index is 0.247. The van der Waals surface area contributed by atoms with Crippen molar-refractivity contribution in [2.45, 2.75) is 33.4 Å². The highest BCUT2D eigenvalue weighted by atomic mass is 19.4. The first-order valence-corrected chi connectivity index (χ1v) is 8.84. The van der Waals surface area contributed by atoms with Crippen molar-refractivity contribution in [3.63, 3.8) is 0 Å². The van der Waals surface area contributed by atoms with Gasteiger partial charge in [-0.05, 0) is 49.6 Å². The Morgan fingerprint density at radius 3 is 2.54 bits per heavy atom. The van der Waals surface area contributed by atoms with Gasteiger partial charge in [0.25, 0.3) is 5.91 Å². The van der Waals surface area contributed by atoms with Gasteiger partial charge in [-0.1, -0.05) is 31.2 Å². The van der Waals surface area contributed by atoms with Crippen LogP contribution in [0, 0.1) is 13.8 Å². The maximum absolute atomic E-state index is 13.0. The molecule has 3 rings (SSSR count). The largest absolute Gasteiger partial charge is 0.416 e. The SMILES string of the molecule is CCc1cccc(C)c1NC(=O)c1cnn(-c2cccc(C(F)(F)F)c2)c1C. The van der Waals surface area contributed by atoms with E-state index >= 15 is 0 Å². The van der Waals surface area contributed by atoms with E-state index < -0.39 is 11.7 Å². The standard InChI is InChI=1S/C21H20F3N3O/c1-4-15-8-5-7-13(2)19(15)26-20(28)18-12-25-27(14(18)3)17-10-6-9-16(11-17)21(22,23)24/h5-12H,4H2,1-3H3,(H,26,28). The lowest BCUT2D eigenvalue weighted by Gasteiger charge is -2.13. The van der Waals surface area contributed by atoms with Crippen molar-refractivity contribution in [2.24, 2.45) is 0 Å². The third-order valence-corrected chi connectivity index (χ3v) is 4.65. The number of rotatable bonds is 4. The van der Waals surface area contributed by atoms with Crippen molar-refractivity contribution in [3.05, 3.63) is 76.6 Å². The number of benzene rings is 2. The Morgan fingerprint density at radius 2 is 1.86 bits per heavy atom. The molecule has 0 aliphatic rings. The minimum Gasteiger partial charge on any atom is -0.321 e. The molecule has 1 N–H and O–H groups in total. The first-order valence-electron chi connectivity index (χ1n) is 8.84. The lowest BCUT2D eigenvalue weighted by Crippen LogP contribution is -2.15. The van der Waals surface area contributed by atoms with E-state index in [2.05, 4.69) is 10.4 Å². The number of alkyl halides is 3. The number of aryl methyl sites for hydroxylation is 2. The smallest absolute Gasteiger partial charge is 0.321 e. The Morgan fingerprint density at radius 1 is 1.14 bits per heavy atom. The summed E-state index contributed by atoms with van der Waals surface area (Å²) < 4.78 is 40.3. The molecule has 0 saturated heterocycles. The molecule has 0 unspecified atom stereocenters. The van der Waals surface area contributed by atoms with Crippen LogP contribution in [0.25, 0.3) is 5.69 Å². The number of carbonyl (C=O) groups excluding carboxylic acids is 1. The number of halogens is 3. The van der Waals surface area contributed by atoms with Crippen molar-refractivity contribution >= 4 is 11.6 Å². The van der Waals surface area contributed by atoms with E-state index in [4.69, 9.17) is 0 Å². The Kier molecular flexibility index (Phi) is 5.27. The Balaban J connectivity index is 1.93. The third-order valence-electron chi connectivity index (χ3n) is 4.65. The highest BCUT2D eigenvalue weighted by Gasteiger charge is 2.30. The lowest BCUT2D eigenvalue weighted by atomic mass is 10.1. The van der Waals surface area contributed by atoms with E-state index in [1.54, 1.807) is 6.92 Å². The van der Waals surface area contributed by atoms with E-state index in [1.807, 2.05) is 32.0 Å². The number of hydrogen-bond acceptors (Lipinski definition) is 2. The first kappa shape index (κ1) is 19.7. The zero-order valence-electron chi connectivity index (χ0n) is 15.8. The van der Waals surface area contributed by atoms with Gasteiger partial charge in [-0.25, -0.2) is 4.68 Å². The Labute approximate surface area is 161 Å².